The van der Waals surface area contributed by atoms with Gasteiger partial charge >= 0.3 is 12.1 Å². The summed E-state index contributed by atoms with van der Waals surface area (Å²) in [4.78, 5) is 76.4. The van der Waals surface area contributed by atoms with Crippen molar-refractivity contribution in [1.29, 1.82) is 0 Å². The fourth-order valence-electron chi connectivity index (χ4n) is 4.87. The molecule has 12 nitrogen and oxygen atoms in total. The summed E-state index contributed by atoms with van der Waals surface area (Å²) in [6.07, 6.45) is -0.158. The van der Waals surface area contributed by atoms with Gasteiger partial charge in [0.1, 0.15) is 19.2 Å². The highest BCUT2D eigenvalue weighted by Crippen LogP contribution is 2.34. The Kier molecular flexibility index (Phi) is 11.3. The van der Waals surface area contributed by atoms with Gasteiger partial charge in [-0.15, -0.1) is 0 Å². The van der Waals surface area contributed by atoms with E-state index in [1.807, 2.05) is 44.2 Å². The molecule has 0 spiro atoms. The summed E-state index contributed by atoms with van der Waals surface area (Å²) < 4.78 is 5.40. The van der Waals surface area contributed by atoms with Crippen LogP contribution in [0.1, 0.15) is 54.6 Å². The summed E-state index contributed by atoms with van der Waals surface area (Å²) in [5, 5.41) is 14.0. The Balaban J connectivity index is 1.23. The van der Waals surface area contributed by atoms with E-state index in [4.69, 9.17) is 4.74 Å². The number of carbonyl (C=O) groups is 6. The number of carbonyl (C=O) groups excluding carboxylic acids is 5. The number of aliphatic carboxylic acids is 1. The summed E-state index contributed by atoms with van der Waals surface area (Å²) in [7, 11) is 2.91. The molecule has 3 N–H and O–H groups in total. The number of piperidine rings is 1. The number of hydrogen-bond acceptors (Lipinski definition) is 9. The molecule has 0 bridgehead atoms. The fraction of sp³-hybridized carbons (Fsp3) is 0.400. The summed E-state index contributed by atoms with van der Waals surface area (Å²) >= 11 is 0. The number of ether oxygens (including phenoxy) is 1. The lowest BCUT2D eigenvalue weighted by Crippen LogP contribution is -2.52. The Morgan fingerprint density at radius 1 is 1.07 bits per heavy atom. The minimum atomic E-state index is -1.08. The lowest BCUT2D eigenvalue weighted by atomic mass is 10.0. The van der Waals surface area contributed by atoms with E-state index in [1.165, 1.54) is 31.4 Å². The van der Waals surface area contributed by atoms with Crippen LogP contribution < -0.4 is 10.6 Å². The SMILES string of the molecule is CC(COC(=O)Nc1cccc2c1CN(C1CCC(=O)NC1=O)C2=O)SS[C@H](C)CC(=O)N(CC(=O)O)Cc1ccccc1. The molecule has 0 aliphatic carbocycles. The molecule has 234 valence electrons. The number of carboxylic acids is 1. The van der Waals surface area contributed by atoms with Gasteiger partial charge in [0, 0.05) is 53.2 Å². The molecule has 1 saturated heterocycles. The lowest BCUT2D eigenvalue weighted by molar-refractivity contribution is -0.144. The van der Waals surface area contributed by atoms with E-state index in [2.05, 4.69) is 10.6 Å². The van der Waals surface area contributed by atoms with Gasteiger partial charge in [0.25, 0.3) is 5.91 Å². The molecule has 2 aromatic rings. The number of fused-ring (bicyclic) bond motifs is 1. The fourth-order valence-corrected chi connectivity index (χ4v) is 7.09. The zero-order valence-electron chi connectivity index (χ0n) is 24.3. The molecule has 2 aromatic carbocycles. The molecule has 5 amide bonds. The van der Waals surface area contributed by atoms with E-state index in [0.717, 1.165) is 5.56 Å². The van der Waals surface area contributed by atoms with Crippen LogP contribution in [0.5, 0.6) is 0 Å². The third-order valence-electron chi connectivity index (χ3n) is 7.01. The zero-order chi connectivity index (χ0) is 31.8. The highest BCUT2D eigenvalue weighted by atomic mass is 33.1. The topological polar surface area (TPSA) is 162 Å². The van der Waals surface area contributed by atoms with Crippen LogP contribution in [-0.4, -0.2) is 80.3 Å². The standard InChI is InChI=1S/C30H34N4O8S2/c1-18(13-26(36)33(16-27(37)38)14-20-7-4-3-5-8-20)43-44-19(2)17-42-30(41)31-23-10-6-9-21-22(23)15-34(29(21)40)24-11-12-25(35)32-28(24)39/h3-10,18-19,24H,11-17H2,1-2H3,(H,31,41)(H,37,38)(H,32,35,39)/t18-,19?,24?/m1/s1. The Labute approximate surface area is 262 Å². The number of nitrogens with zero attached hydrogens (tertiary/aromatic N) is 2. The molecule has 1 fully saturated rings. The van der Waals surface area contributed by atoms with Crippen molar-refractivity contribution in [3.05, 3.63) is 65.2 Å². The largest absolute Gasteiger partial charge is 0.480 e. The van der Waals surface area contributed by atoms with Gasteiger partial charge in [-0.1, -0.05) is 64.9 Å². The predicted octanol–water partition coefficient (Wildman–Crippen LogP) is 3.66. The summed E-state index contributed by atoms with van der Waals surface area (Å²) in [5.74, 6) is -2.55. The average Bonchev–Trinajstić information content (AvgIpc) is 3.31. The van der Waals surface area contributed by atoms with E-state index in [0.29, 0.717) is 16.8 Å². The third kappa shape index (κ3) is 8.76. The first kappa shape index (κ1) is 32.9. The monoisotopic (exact) mass is 642 g/mol. The molecule has 14 heteroatoms. The number of carboxylic acid groups (broad SMARTS) is 1. The van der Waals surface area contributed by atoms with Crippen molar-refractivity contribution >= 4 is 63.0 Å². The number of anilines is 1. The van der Waals surface area contributed by atoms with Crippen LogP contribution in [0.15, 0.2) is 48.5 Å². The van der Waals surface area contributed by atoms with Gasteiger partial charge in [0.2, 0.25) is 17.7 Å². The van der Waals surface area contributed by atoms with E-state index in [1.54, 1.807) is 18.2 Å². The second kappa shape index (κ2) is 15.1. The number of hydrogen-bond donors (Lipinski definition) is 3. The molecule has 4 rings (SSSR count). The van der Waals surface area contributed by atoms with Crippen molar-refractivity contribution in [2.75, 3.05) is 18.5 Å². The lowest BCUT2D eigenvalue weighted by Gasteiger charge is -2.29. The highest BCUT2D eigenvalue weighted by Gasteiger charge is 2.40. The number of imide groups is 1. The van der Waals surface area contributed by atoms with Crippen molar-refractivity contribution < 1.29 is 38.6 Å². The van der Waals surface area contributed by atoms with E-state index >= 15 is 0 Å². The minimum absolute atomic E-state index is 0.0830. The zero-order valence-corrected chi connectivity index (χ0v) is 25.9. The van der Waals surface area contributed by atoms with Crippen LogP contribution in [0.3, 0.4) is 0 Å². The average molecular weight is 643 g/mol. The van der Waals surface area contributed by atoms with Crippen molar-refractivity contribution in [2.45, 2.75) is 62.7 Å². The molecule has 0 saturated carbocycles. The maximum Gasteiger partial charge on any atom is 0.411 e. The Hall–Kier alpha value is -4.04. The Morgan fingerprint density at radius 2 is 1.80 bits per heavy atom. The molecular formula is C30H34N4O8S2. The van der Waals surface area contributed by atoms with E-state index in [-0.39, 0.29) is 73.7 Å². The van der Waals surface area contributed by atoms with Crippen LogP contribution >= 0.6 is 21.6 Å². The summed E-state index contributed by atoms with van der Waals surface area (Å²) in [6.45, 7) is 3.79. The first-order valence-corrected chi connectivity index (χ1v) is 16.4. The number of benzene rings is 2. The molecule has 2 aliphatic rings. The molecule has 2 heterocycles. The van der Waals surface area contributed by atoms with Crippen molar-refractivity contribution in [3.8, 4) is 0 Å². The summed E-state index contributed by atoms with van der Waals surface area (Å²) in [6, 6.07) is 13.4. The molecule has 2 unspecified atom stereocenters. The van der Waals surface area contributed by atoms with Gasteiger partial charge in [0.15, 0.2) is 0 Å². The van der Waals surface area contributed by atoms with Gasteiger partial charge in [0.05, 0.1) is 0 Å². The molecule has 0 radical (unpaired) electrons. The maximum absolute atomic E-state index is 13.0. The van der Waals surface area contributed by atoms with Gasteiger partial charge in [-0.25, -0.2) is 4.79 Å². The first-order chi connectivity index (χ1) is 21.0. The quantitative estimate of drug-likeness (QED) is 0.217. The van der Waals surface area contributed by atoms with Crippen LogP contribution in [0.25, 0.3) is 0 Å². The van der Waals surface area contributed by atoms with Gasteiger partial charge < -0.3 is 19.6 Å². The smallest absolute Gasteiger partial charge is 0.411 e. The normalized spacial score (nSPS) is 17.4. The van der Waals surface area contributed by atoms with E-state index in [9.17, 15) is 33.9 Å². The van der Waals surface area contributed by atoms with Crippen LogP contribution in [-0.2, 0) is 37.0 Å². The number of amides is 5. The van der Waals surface area contributed by atoms with Crippen molar-refractivity contribution in [2.24, 2.45) is 0 Å². The molecule has 0 aromatic heterocycles. The van der Waals surface area contributed by atoms with Crippen LogP contribution in [0, 0.1) is 0 Å². The molecular weight excluding hydrogens is 608 g/mol. The van der Waals surface area contributed by atoms with Crippen molar-refractivity contribution in [1.82, 2.24) is 15.1 Å². The number of rotatable bonds is 13. The summed E-state index contributed by atoms with van der Waals surface area (Å²) in [5.41, 5.74) is 2.19. The second-order valence-electron chi connectivity index (χ2n) is 10.6. The van der Waals surface area contributed by atoms with Gasteiger partial charge in [-0.2, -0.15) is 0 Å². The predicted molar refractivity (Wildman–Crippen MR) is 166 cm³/mol. The Bertz CT molecular complexity index is 1420. The maximum atomic E-state index is 13.0. The van der Waals surface area contributed by atoms with Gasteiger partial charge in [-0.05, 0) is 31.0 Å². The first-order valence-electron chi connectivity index (χ1n) is 14.1. The van der Waals surface area contributed by atoms with E-state index < -0.39 is 24.0 Å². The number of nitrogens with one attached hydrogen (secondary N) is 2. The highest BCUT2D eigenvalue weighted by molar-refractivity contribution is 8.77. The minimum Gasteiger partial charge on any atom is -0.480 e. The second-order valence-corrected chi connectivity index (χ2v) is 13.8. The Morgan fingerprint density at radius 3 is 2.50 bits per heavy atom. The van der Waals surface area contributed by atoms with Crippen LogP contribution in [0.4, 0.5) is 10.5 Å². The van der Waals surface area contributed by atoms with Crippen LogP contribution in [0.2, 0.25) is 0 Å². The molecule has 44 heavy (non-hydrogen) atoms. The van der Waals surface area contributed by atoms with Crippen molar-refractivity contribution in [3.63, 3.8) is 0 Å². The molecule has 3 atom stereocenters. The van der Waals surface area contributed by atoms with Gasteiger partial charge in [-0.3, -0.25) is 34.6 Å². The molecule has 2 aliphatic heterocycles. The third-order valence-corrected chi connectivity index (χ3v) is 10.4.